The van der Waals surface area contributed by atoms with Crippen LogP contribution in [0.2, 0.25) is 10.0 Å². The van der Waals surface area contributed by atoms with Gasteiger partial charge in [-0.05, 0) is 53.6 Å². The maximum Gasteiger partial charge on any atom is 0.0406 e. The largest absolute Gasteiger partial charge is 0.381 e. The maximum atomic E-state index is 5.91. The van der Waals surface area contributed by atoms with Crippen molar-refractivity contribution in [3.63, 3.8) is 0 Å². The Bertz CT molecular complexity index is 719. The topological polar surface area (TPSA) is 24.1 Å². The molecule has 24 heavy (non-hydrogen) atoms. The third-order valence-electron chi connectivity index (χ3n) is 3.68. The number of hydrogen-bond donors (Lipinski definition) is 2. The number of benzene rings is 3. The lowest BCUT2D eigenvalue weighted by molar-refractivity contribution is 1.13. The summed E-state index contributed by atoms with van der Waals surface area (Å²) in [5.41, 5.74) is 4.54. The van der Waals surface area contributed by atoms with Gasteiger partial charge in [0.25, 0.3) is 0 Å². The lowest BCUT2D eigenvalue weighted by Gasteiger charge is -2.11. The summed E-state index contributed by atoms with van der Waals surface area (Å²) < 4.78 is 0. The van der Waals surface area contributed by atoms with Crippen molar-refractivity contribution in [2.24, 2.45) is 0 Å². The molecule has 0 saturated carbocycles. The molecule has 0 radical (unpaired) electrons. The minimum Gasteiger partial charge on any atom is -0.381 e. The summed E-state index contributed by atoms with van der Waals surface area (Å²) in [6, 6.07) is 24.0. The molecule has 0 heterocycles. The molecule has 0 unspecified atom stereocenters. The predicted molar refractivity (Wildman–Crippen MR) is 104 cm³/mol. The third kappa shape index (κ3) is 4.92. The van der Waals surface area contributed by atoms with Crippen molar-refractivity contribution in [2.45, 2.75) is 13.1 Å². The second-order valence-electron chi connectivity index (χ2n) is 5.54. The van der Waals surface area contributed by atoms with Crippen LogP contribution in [0.5, 0.6) is 0 Å². The van der Waals surface area contributed by atoms with Gasteiger partial charge in [0.1, 0.15) is 0 Å². The Morgan fingerprint density at radius 3 is 1.42 bits per heavy atom. The van der Waals surface area contributed by atoms with E-state index in [1.165, 1.54) is 11.1 Å². The predicted octanol–water partition coefficient (Wildman–Crippen LogP) is 6.22. The van der Waals surface area contributed by atoms with Crippen LogP contribution < -0.4 is 10.6 Å². The molecule has 3 aromatic carbocycles. The molecule has 0 atom stereocenters. The quantitative estimate of drug-likeness (QED) is 0.547. The SMILES string of the molecule is Clc1ccc(CNc2cccc(NCc3ccc(Cl)cc3)c2)cc1. The van der Waals surface area contributed by atoms with Crippen molar-refractivity contribution in [2.75, 3.05) is 10.6 Å². The van der Waals surface area contributed by atoms with E-state index in [0.717, 1.165) is 34.5 Å². The molecule has 0 amide bonds. The van der Waals surface area contributed by atoms with E-state index in [-0.39, 0.29) is 0 Å². The Kier molecular flexibility index (Phi) is 5.63. The number of hydrogen-bond acceptors (Lipinski definition) is 2. The highest BCUT2D eigenvalue weighted by atomic mass is 35.5. The van der Waals surface area contributed by atoms with Crippen LogP contribution in [0, 0.1) is 0 Å². The van der Waals surface area contributed by atoms with Crippen molar-refractivity contribution >= 4 is 34.6 Å². The Labute approximate surface area is 152 Å². The number of anilines is 2. The fourth-order valence-corrected chi connectivity index (χ4v) is 2.60. The zero-order valence-electron chi connectivity index (χ0n) is 13.1. The molecule has 3 aromatic rings. The summed E-state index contributed by atoms with van der Waals surface area (Å²) in [7, 11) is 0. The van der Waals surface area contributed by atoms with Crippen LogP contribution in [0.15, 0.2) is 72.8 Å². The van der Waals surface area contributed by atoms with Crippen LogP contribution >= 0.6 is 23.2 Å². The minimum atomic E-state index is 0.757. The number of rotatable bonds is 6. The number of nitrogens with one attached hydrogen (secondary N) is 2. The second-order valence-corrected chi connectivity index (χ2v) is 6.41. The van der Waals surface area contributed by atoms with Crippen LogP contribution in [0.4, 0.5) is 11.4 Å². The fourth-order valence-electron chi connectivity index (χ4n) is 2.35. The van der Waals surface area contributed by atoms with E-state index in [4.69, 9.17) is 23.2 Å². The normalized spacial score (nSPS) is 10.4. The van der Waals surface area contributed by atoms with Crippen LogP contribution in [-0.2, 0) is 13.1 Å². The van der Waals surface area contributed by atoms with Crippen molar-refractivity contribution in [3.8, 4) is 0 Å². The molecule has 3 rings (SSSR count). The zero-order chi connectivity index (χ0) is 16.8. The van der Waals surface area contributed by atoms with Gasteiger partial charge in [-0.3, -0.25) is 0 Å². The van der Waals surface area contributed by atoms with Gasteiger partial charge in [0.15, 0.2) is 0 Å². The van der Waals surface area contributed by atoms with Crippen LogP contribution in [-0.4, -0.2) is 0 Å². The highest BCUT2D eigenvalue weighted by Crippen LogP contribution is 2.18. The van der Waals surface area contributed by atoms with Crippen LogP contribution in [0.25, 0.3) is 0 Å². The molecule has 0 spiro atoms. The molecule has 0 saturated heterocycles. The Hall–Kier alpha value is -2.16. The van der Waals surface area contributed by atoms with Gasteiger partial charge in [0.2, 0.25) is 0 Å². The van der Waals surface area contributed by atoms with Crippen molar-refractivity contribution in [1.82, 2.24) is 0 Å². The van der Waals surface area contributed by atoms with Gasteiger partial charge < -0.3 is 10.6 Å². The Balaban J connectivity index is 1.57. The molecular weight excluding hydrogens is 339 g/mol. The summed E-state index contributed by atoms with van der Waals surface area (Å²) in [5.74, 6) is 0. The summed E-state index contributed by atoms with van der Waals surface area (Å²) in [6.07, 6.45) is 0. The summed E-state index contributed by atoms with van der Waals surface area (Å²) in [4.78, 5) is 0. The van der Waals surface area contributed by atoms with Gasteiger partial charge >= 0.3 is 0 Å². The van der Waals surface area contributed by atoms with Gasteiger partial charge in [-0.2, -0.15) is 0 Å². The molecule has 0 aliphatic heterocycles. The first-order valence-corrected chi connectivity index (χ1v) is 8.51. The van der Waals surface area contributed by atoms with Crippen LogP contribution in [0.1, 0.15) is 11.1 Å². The van der Waals surface area contributed by atoms with E-state index >= 15 is 0 Å². The Morgan fingerprint density at radius 1 is 0.583 bits per heavy atom. The summed E-state index contributed by atoms with van der Waals surface area (Å²) >= 11 is 11.8. The summed E-state index contributed by atoms with van der Waals surface area (Å²) in [5, 5.41) is 8.37. The third-order valence-corrected chi connectivity index (χ3v) is 4.19. The first-order valence-electron chi connectivity index (χ1n) is 7.76. The number of halogens is 2. The molecular formula is C20H18Cl2N2. The molecule has 4 heteroatoms. The zero-order valence-corrected chi connectivity index (χ0v) is 14.6. The average molecular weight is 357 g/mol. The minimum absolute atomic E-state index is 0.757. The lowest BCUT2D eigenvalue weighted by atomic mass is 10.2. The standard InChI is InChI=1S/C20H18Cl2N2/c21-17-8-4-15(5-9-17)13-23-19-2-1-3-20(12-19)24-14-16-6-10-18(22)11-7-16/h1-12,23-24H,13-14H2. The van der Waals surface area contributed by atoms with Gasteiger partial charge in [0, 0.05) is 34.5 Å². The van der Waals surface area contributed by atoms with E-state index in [9.17, 15) is 0 Å². The smallest absolute Gasteiger partial charge is 0.0406 e. The summed E-state index contributed by atoms with van der Waals surface area (Å²) in [6.45, 7) is 1.52. The molecule has 0 bridgehead atoms. The van der Waals surface area contributed by atoms with Gasteiger partial charge in [0.05, 0.1) is 0 Å². The fraction of sp³-hybridized carbons (Fsp3) is 0.100. The van der Waals surface area contributed by atoms with Gasteiger partial charge in [-0.1, -0.05) is 53.5 Å². The molecule has 2 nitrogen and oxygen atoms in total. The molecule has 122 valence electrons. The lowest BCUT2D eigenvalue weighted by Crippen LogP contribution is -2.02. The van der Waals surface area contributed by atoms with Crippen molar-refractivity contribution in [1.29, 1.82) is 0 Å². The van der Waals surface area contributed by atoms with Crippen LogP contribution in [0.3, 0.4) is 0 Å². The second kappa shape index (κ2) is 8.09. The first-order chi connectivity index (χ1) is 11.7. The highest BCUT2D eigenvalue weighted by molar-refractivity contribution is 6.30. The molecule has 0 aliphatic carbocycles. The van der Waals surface area contributed by atoms with Gasteiger partial charge in [-0.25, -0.2) is 0 Å². The molecule has 0 aromatic heterocycles. The van der Waals surface area contributed by atoms with E-state index in [1.807, 2.05) is 54.6 Å². The van der Waals surface area contributed by atoms with E-state index in [0.29, 0.717) is 0 Å². The molecule has 2 N–H and O–H groups in total. The van der Waals surface area contributed by atoms with E-state index in [2.05, 4.69) is 28.8 Å². The van der Waals surface area contributed by atoms with E-state index < -0.39 is 0 Å². The molecule has 0 fully saturated rings. The Morgan fingerprint density at radius 2 is 1.00 bits per heavy atom. The highest BCUT2D eigenvalue weighted by Gasteiger charge is 1.98. The van der Waals surface area contributed by atoms with E-state index in [1.54, 1.807) is 0 Å². The van der Waals surface area contributed by atoms with Crippen molar-refractivity contribution in [3.05, 3.63) is 94.0 Å². The van der Waals surface area contributed by atoms with Crippen molar-refractivity contribution < 1.29 is 0 Å². The van der Waals surface area contributed by atoms with Gasteiger partial charge in [-0.15, -0.1) is 0 Å². The molecule has 0 aliphatic rings. The average Bonchev–Trinajstić information content (AvgIpc) is 2.61. The first kappa shape index (κ1) is 16.7. The monoisotopic (exact) mass is 356 g/mol. The maximum absolute atomic E-state index is 5.91.